The number of carbonyl (C=O) groups is 6. The first-order valence-electron chi connectivity index (χ1n) is 24.7. The number of rotatable bonds is 26. The van der Waals surface area contributed by atoms with Gasteiger partial charge in [0.25, 0.3) is 43.9 Å². The summed E-state index contributed by atoms with van der Waals surface area (Å²) in [5.41, 5.74) is 4.76. The highest BCUT2D eigenvalue weighted by Gasteiger charge is 2.50. The molecule has 0 saturated carbocycles. The van der Waals surface area contributed by atoms with Crippen molar-refractivity contribution < 1.29 is 69.0 Å². The molecule has 4 amide bonds. The number of anilines is 1. The number of unbranched alkanes of at least 4 members (excludes halogenated alkanes) is 4. The van der Waals surface area contributed by atoms with E-state index < -0.39 is 78.1 Å². The Balaban J connectivity index is 1.26. The number of imide groups is 2. The average Bonchev–Trinajstić information content (AvgIpc) is 4.05. The number of hydrogen-bond acceptors (Lipinski definition) is 13. The summed E-state index contributed by atoms with van der Waals surface area (Å²) in [7, 11) is -8.46. The van der Waals surface area contributed by atoms with E-state index in [1.807, 2.05) is 42.5 Å². The summed E-state index contributed by atoms with van der Waals surface area (Å²) < 4.78 is 75.5. The van der Waals surface area contributed by atoms with Crippen LogP contribution in [-0.2, 0) is 69.5 Å². The van der Waals surface area contributed by atoms with Crippen LogP contribution in [0.1, 0.15) is 128 Å². The van der Waals surface area contributed by atoms with Crippen LogP contribution in [0.15, 0.2) is 60.4 Å². The Labute approximate surface area is 530 Å². The normalized spacial score (nSPS) is 20.4. The molecule has 6 rings (SSSR count). The highest BCUT2D eigenvalue weighted by atomic mass is 127. The van der Waals surface area contributed by atoms with Crippen molar-refractivity contribution in [2.45, 2.75) is 127 Å². The second-order valence-electron chi connectivity index (χ2n) is 19.3. The van der Waals surface area contributed by atoms with Crippen LogP contribution in [-0.4, -0.2) is 107 Å². The highest BCUT2D eigenvalue weighted by Crippen LogP contribution is 2.54. The van der Waals surface area contributed by atoms with Crippen LogP contribution in [0.3, 0.4) is 0 Å². The summed E-state index contributed by atoms with van der Waals surface area (Å²) in [6.07, 6.45) is 18.9. The first-order chi connectivity index (χ1) is 36.2. The predicted octanol–water partition coefficient (Wildman–Crippen LogP) is 10.7. The molecule has 4 aliphatic heterocycles. The van der Waals surface area contributed by atoms with Gasteiger partial charge in [-0.15, -0.1) is 10.1 Å². The molecule has 2 atom stereocenters. The third-order valence-electron chi connectivity index (χ3n) is 13.7. The molecular weight excluding hydrogens is 1720 g/mol. The number of carbonyl (C=O) groups excluding carboxylic acids is 6. The first-order valence-corrected chi connectivity index (χ1v) is 34.4. The molecule has 26 heteroatoms. The molecule has 2 unspecified atom stereocenters. The van der Waals surface area contributed by atoms with Gasteiger partial charge >= 0.3 is 11.9 Å². The molecule has 2 aromatic carbocycles. The van der Waals surface area contributed by atoms with Crippen molar-refractivity contribution in [1.29, 1.82) is 0 Å². The molecule has 2 saturated heterocycles. The number of benzene rings is 2. The van der Waals surface area contributed by atoms with Crippen LogP contribution in [0.25, 0.3) is 0 Å². The van der Waals surface area contributed by atoms with E-state index in [1.54, 1.807) is 0 Å². The lowest BCUT2D eigenvalue weighted by Gasteiger charge is -2.31. The molecule has 18 nitrogen and oxygen atoms in total. The van der Waals surface area contributed by atoms with Gasteiger partial charge in [-0.05, 0) is 194 Å². The molecule has 0 aliphatic carbocycles. The minimum Gasteiger partial charge on any atom is -0.344 e. The molecule has 77 heavy (non-hydrogen) atoms. The van der Waals surface area contributed by atoms with Crippen molar-refractivity contribution >= 4 is 208 Å². The van der Waals surface area contributed by atoms with Gasteiger partial charge < -0.3 is 14.6 Å². The van der Waals surface area contributed by atoms with E-state index in [-0.39, 0.29) is 51.4 Å². The van der Waals surface area contributed by atoms with Crippen molar-refractivity contribution in [3.63, 3.8) is 0 Å². The summed E-state index contributed by atoms with van der Waals surface area (Å²) in [6, 6.07) is 4.19. The van der Waals surface area contributed by atoms with Crippen molar-refractivity contribution in [3.05, 3.63) is 92.9 Å². The Kier molecular flexibility index (Phi) is 23.5. The van der Waals surface area contributed by atoms with Crippen LogP contribution in [0.4, 0.5) is 11.4 Å². The van der Waals surface area contributed by atoms with Gasteiger partial charge in [-0.1, -0.05) is 56.1 Å². The molecule has 2 N–H and O–H groups in total. The number of fused-ring (bicyclic) bond motifs is 2. The maximum absolute atomic E-state index is 12.6. The standard InChI is InChI=1S/C51H56I6N4O14S2/c1-50(24-12-6-10-18-42(66)74-60-38(62)20-21-39(60)63)36(58(26-14-28-76(68,69)70)34-30-32(52)46(54)48(56)44(34)50)16-8-4-3-5-9-17-37-51(2,25-13-7-11-19-43(67)75-61-40(64)22-23-41(61)65)45-35(31-33(53)47(55)49(45)57)59(37)27-15-29-77(71,72)73/h3-5,8-9,16-17,30-31H,6-7,10-15,18-29H2,1-2H3,(H-,68,69,70,71,72,73)/p+1. The maximum atomic E-state index is 12.6. The summed E-state index contributed by atoms with van der Waals surface area (Å²) in [6.45, 7) is 4.93. The smallest absolute Gasteiger partial charge is 0.333 e. The number of halogens is 6. The number of hydrogen-bond donors (Lipinski definition) is 2. The monoisotopic (exact) mass is 1770 g/mol. The molecule has 4 heterocycles. The highest BCUT2D eigenvalue weighted by molar-refractivity contribution is 14.1. The van der Waals surface area contributed by atoms with Crippen molar-refractivity contribution in [2.24, 2.45) is 0 Å². The number of amides is 4. The summed E-state index contributed by atoms with van der Waals surface area (Å²) in [5.74, 6) is -4.27. The van der Waals surface area contributed by atoms with Gasteiger partial charge in [0, 0.05) is 107 Å². The molecule has 418 valence electrons. The topological polar surface area (TPSA) is 242 Å². The lowest BCUT2D eigenvalue weighted by atomic mass is 9.75. The first kappa shape index (κ1) is 64.5. The van der Waals surface area contributed by atoms with Crippen molar-refractivity contribution in [1.82, 2.24) is 10.1 Å². The maximum Gasteiger partial charge on any atom is 0.333 e. The molecule has 0 spiro atoms. The molecular formula is C51H57I6N4O14S2+. The fourth-order valence-electron chi connectivity index (χ4n) is 10.0. The van der Waals surface area contributed by atoms with Crippen LogP contribution < -0.4 is 4.90 Å². The second-order valence-corrected chi connectivity index (χ2v) is 29.1. The van der Waals surface area contributed by atoms with Gasteiger partial charge in [0.15, 0.2) is 5.71 Å². The Morgan fingerprint density at radius 1 is 0.610 bits per heavy atom. The molecule has 0 bridgehead atoms. The molecule has 0 radical (unpaired) electrons. The average molecular weight is 1780 g/mol. The van der Waals surface area contributed by atoms with Crippen LogP contribution in [0.5, 0.6) is 0 Å². The number of nitrogens with zero attached hydrogens (tertiary/aromatic N) is 4. The Morgan fingerprint density at radius 3 is 1.61 bits per heavy atom. The van der Waals surface area contributed by atoms with E-state index in [0.717, 1.165) is 55.3 Å². The predicted molar refractivity (Wildman–Crippen MR) is 339 cm³/mol. The van der Waals surface area contributed by atoms with Gasteiger partial charge in [-0.25, -0.2) is 9.59 Å². The lowest BCUT2D eigenvalue weighted by Crippen LogP contribution is -2.32. The fraction of sp³-hybridized carbons (Fsp3) is 0.471. The summed E-state index contributed by atoms with van der Waals surface area (Å²) >= 11 is 14.0. The van der Waals surface area contributed by atoms with Crippen LogP contribution in [0.2, 0.25) is 0 Å². The van der Waals surface area contributed by atoms with E-state index in [0.29, 0.717) is 74.6 Å². The van der Waals surface area contributed by atoms with Gasteiger partial charge in [-0.2, -0.15) is 21.4 Å². The molecule has 2 fully saturated rings. The zero-order valence-corrected chi connectivity index (χ0v) is 56.6. The minimum atomic E-state index is -4.23. The summed E-state index contributed by atoms with van der Waals surface area (Å²) in [5, 5.41) is 1.11. The van der Waals surface area contributed by atoms with Crippen molar-refractivity contribution in [2.75, 3.05) is 29.5 Å². The third-order valence-corrected chi connectivity index (χ3v) is 25.6. The van der Waals surface area contributed by atoms with Gasteiger partial charge in [0.1, 0.15) is 6.54 Å². The second kappa shape index (κ2) is 28.0. The van der Waals surface area contributed by atoms with Crippen molar-refractivity contribution in [3.8, 4) is 0 Å². The van der Waals surface area contributed by atoms with Gasteiger partial charge in [0.2, 0.25) is 5.69 Å². The summed E-state index contributed by atoms with van der Waals surface area (Å²) in [4.78, 5) is 85.4. The molecule has 2 aromatic rings. The number of allylic oxidation sites excluding steroid dienone is 8. The zero-order valence-electron chi connectivity index (χ0n) is 42.0. The molecule has 4 aliphatic rings. The van der Waals surface area contributed by atoms with E-state index in [4.69, 9.17) is 9.68 Å². The Bertz CT molecular complexity index is 3080. The number of hydroxylamine groups is 4. The third kappa shape index (κ3) is 16.3. The minimum absolute atomic E-state index is 0.0118. The van der Waals surface area contributed by atoms with E-state index in [9.17, 15) is 54.7 Å². The zero-order chi connectivity index (χ0) is 56.6. The van der Waals surface area contributed by atoms with E-state index in [1.165, 1.54) is 0 Å². The lowest BCUT2D eigenvalue weighted by molar-refractivity contribution is -0.437. The van der Waals surface area contributed by atoms with E-state index in [2.05, 4.69) is 171 Å². The van der Waals surface area contributed by atoms with E-state index >= 15 is 0 Å². The van der Waals surface area contributed by atoms with Gasteiger partial charge in [-0.3, -0.25) is 28.3 Å². The quantitative estimate of drug-likeness (QED) is 0.0169. The largest absolute Gasteiger partial charge is 0.344 e. The Hall–Kier alpha value is -1.71. The fourth-order valence-corrected chi connectivity index (χ4v) is 16.4. The van der Waals surface area contributed by atoms with Gasteiger partial charge in [0.05, 0.1) is 22.5 Å². The SMILES string of the molecule is CC1(CCCCCC(=O)ON2C(=O)CCC2=O)C(/C=C/C=C/C=C/C=C2\N(CCCS(=O)(=O)O)c3cc(I)c(I)c(I)c3C2(C)CCCCCC(=O)ON2C(=O)CCC2=O)=[N+](CCCS(=O)(=O)O)c2cc(I)c(I)c(I)c21. The Morgan fingerprint density at radius 2 is 1.08 bits per heavy atom. The molecule has 0 aromatic heterocycles. The van der Waals surface area contributed by atoms with Crippen LogP contribution >= 0.6 is 136 Å². The van der Waals surface area contributed by atoms with Crippen LogP contribution in [0, 0.1) is 21.4 Å².